The molecular formula is C20H25SiZr. The minimum Gasteiger partial charge on any atom is -0.273 e. The van der Waals surface area contributed by atoms with Gasteiger partial charge in [-0.3, -0.25) is 12.2 Å². The van der Waals surface area contributed by atoms with Gasteiger partial charge in [0.15, 0.2) is 0 Å². The normalized spacial score (nSPS) is 13.6. The van der Waals surface area contributed by atoms with Crippen LogP contribution in [-0.2, 0) is 26.2 Å². The number of hydrogen-bond acceptors (Lipinski definition) is 0. The Balaban J connectivity index is 0.000000334. The van der Waals surface area contributed by atoms with Gasteiger partial charge in [-0.1, -0.05) is 25.7 Å². The van der Waals surface area contributed by atoms with E-state index in [1.54, 1.807) is 0 Å². The molecule has 0 spiro atoms. The van der Waals surface area contributed by atoms with Crippen molar-refractivity contribution in [3.05, 3.63) is 90.5 Å². The topological polar surface area (TPSA) is 0 Å². The van der Waals surface area contributed by atoms with E-state index in [-0.39, 0.29) is 26.2 Å². The smallest absolute Gasteiger partial charge is 0.273 e. The van der Waals surface area contributed by atoms with E-state index in [0.29, 0.717) is 0 Å². The molecule has 0 saturated carbocycles. The fourth-order valence-corrected chi connectivity index (χ4v) is 2.92. The third kappa shape index (κ3) is 12.9. The van der Waals surface area contributed by atoms with Gasteiger partial charge in [-0.05, 0) is 0 Å². The number of hydrogen-bond donors (Lipinski definition) is 0. The monoisotopic (exact) mass is 383 g/mol. The summed E-state index contributed by atoms with van der Waals surface area (Å²) >= 11 is 0. The maximum Gasteiger partial charge on any atom is 3.00 e. The van der Waals surface area contributed by atoms with Crippen molar-refractivity contribution < 1.29 is 26.2 Å². The van der Waals surface area contributed by atoms with Gasteiger partial charge in [-0.2, -0.15) is 35.9 Å². The molecule has 0 nitrogen and oxygen atoms in total. The largest absolute Gasteiger partial charge is 3.00 e. The molecule has 0 fully saturated rings. The quantitative estimate of drug-likeness (QED) is 0.451. The molecule has 0 aliphatic heterocycles. The summed E-state index contributed by atoms with van der Waals surface area (Å²) in [4.78, 5) is 0. The summed E-state index contributed by atoms with van der Waals surface area (Å²) in [7, 11) is -1.02. The van der Waals surface area contributed by atoms with Gasteiger partial charge in [0, 0.05) is 8.07 Å². The van der Waals surface area contributed by atoms with Crippen LogP contribution in [0.4, 0.5) is 0 Å². The predicted molar refractivity (Wildman–Crippen MR) is 96.3 cm³/mol. The molecule has 2 aliphatic rings. The Hall–Kier alpha value is -0.850. The second kappa shape index (κ2) is 12.7. The molecule has 0 aromatic heterocycles. The van der Waals surface area contributed by atoms with Crippen molar-refractivity contribution in [3.8, 4) is 0 Å². The summed E-state index contributed by atoms with van der Waals surface area (Å²) in [5.74, 6) is 0. The van der Waals surface area contributed by atoms with Crippen molar-refractivity contribution in [2.75, 3.05) is 0 Å². The van der Waals surface area contributed by atoms with Gasteiger partial charge < -0.3 is 0 Å². The molecule has 0 atom stereocenters. The van der Waals surface area contributed by atoms with Crippen LogP contribution >= 0.6 is 0 Å². The Bertz CT molecular complexity index is 448. The molecule has 1 radical (unpaired) electrons. The second-order valence-electron chi connectivity index (χ2n) is 5.93. The zero-order valence-corrected chi connectivity index (χ0v) is 17.3. The molecule has 0 N–H and O–H groups in total. The molecule has 113 valence electrons. The Morgan fingerprint density at radius 3 is 1.64 bits per heavy atom. The van der Waals surface area contributed by atoms with Gasteiger partial charge >= 0.3 is 26.2 Å². The van der Waals surface area contributed by atoms with Gasteiger partial charge in [0.25, 0.3) is 0 Å². The van der Waals surface area contributed by atoms with Crippen LogP contribution < -0.4 is 0 Å². The zero-order valence-electron chi connectivity index (χ0n) is 13.8. The molecule has 0 bridgehead atoms. The second-order valence-corrected chi connectivity index (χ2v) is 10.9. The van der Waals surface area contributed by atoms with Gasteiger partial charge in [-0.25, -0.2) is 24.3 Å². The predicted octanol–water partition coefficient (Wildman–Crippen LogP) is 5.73. The van der Waals surface area contributed by atoms with Crippen LogP contribution in [-0.4, -0.2) is 8.07 Å². The van der Waals surface area contributed by atoms with Crippen molar-refractivity contribution in [1.29, 1.82) is 0 Å². The minimum absolute atomic E-state index is 0. The first kappa shape index (κ1) is 21.1. The van der Waals surface area contributed by atoms with Gasteiger partial charge in [-0.15, -0.1) is 25.0 Å². The molecule has 2 heteroatoms. The van der Waals surface area contributed by atoms with Gasteiger partial charge in [0.05, 0.1) is 0 Å². The SMILES string of the molecule is C[Si](C)(C)[CH-]c1ccccc1.[C-]1=CC=CC1.[C-]1=CC=CC1.[Zr+3]. The van der Waals surface area contributed by atoms with Crippen LogP contribution in [0.1, 0.15) is 18.4 Å². The molecule has 0 unspecified atom stereocenters. The third-order valence-corrected chi connectivity index (χ3v) is 3.77. The summed E-state index contributed by atoms with van der Waals surface area (Å²) in [6.07, 6.45) is 20.0. The molecule has 1 aromatic rings. The Morgan fingerprint density at radius 1 is 0.864 bits per heavy atom. The van der Waals surface area contributed by atoms with Gasteiger partial charge in [0.1, 0.15) is 0 Å². The average molecular weight is 385 g/mol. The van der Waals surface area contributed by atoms with E-state index >= 15 is 0 Å². The Kier molecular flexibility index (Phi) is 12.2. The first-order chi connectivity index (χ1) is 10.1. The van der Waals surface area contributed by atoms with E-state index < -0.39 is 8.07 Å². The summed E-state index contributed by atoms with van der Waals surface area (Å²) in [5, 5.41) is 0. The maximum absolute atomic E-state index is 2.99. The standard InChI is InChI=1S/C10H15Si.2C5H5.Zr/c1-11(2,3)9-10-7-5-4-6-8-10;2*1-2-4-5-3-1;/h4-9H,1-3H3;2*1-3H,4H2;/q3*-1;+3. The first-order valence-corrected chi connectivity index (χ1v) is 11.0. The van der Waals surface area contributed by atoms with E-state index in [9.17, 15) is 0 Å². The van der Waals surface area contributed by atoms with E-state index in [2.05, 4.69) is 80.3 Å². The molecule has 0 heterocycles. The zero-order chi connectivity index (χ0) is 15.4. The van der Waals surface area contributed by atoms with Gasteiger partial charge in [0.2, 0.25) is 0 Å². The molecule has 22 heavy (non-hydrogen) atoms. The molecule has 2 aliphatic carbocycles. The third-order valence-electron chi connectivity index (χ3n) is 2.57. The number of rotatable bonds is 2. The Labute approximate surface area is 156 Å². The van der Waals surface area contributed by atoms with Crippen LogP contribution in [0.2, 0.25) is 19.6 Å². The minimum atomic E-state index is -1.02. The summed E-state index contributed by atoms with van der Waals surface area (Å²) in [6, 6.07) is 13.0. The molecule has 1 aromatic carbocycles. The van der Waals surface area contributed by atoms with E-state index in [0.717, 1.165) is 12.8 Å². The van der Waals surface area contributed by atoms with E-state index in [4.69, 9.17) is 0 Å². The van der Waals surface area contributed by atoms with Crippen LogP contribution in [0, 0.1) is 18.2 Å². The number of benzene rings is 1. The Morgan fingerprint density at radius 2 is 1.36 bits per heavy atom. The van der Waals surface area contributed by atoms with Crippen LogP contribution in [0.25, 0.3) is 0 Å². The van der Waals surface area contributed by atoms with Crippen molar-refractivity contribution in [2.45, 2.75) is 32.5 Å². The molecular weight excluding hydrogens is 360 g/mol. The van der Waals surface area contributed by atoms with E-state index in [1.165, 1.54) is 5.56 Å². The maximum atomic E-state index is 2.99. The first-order valence-electron chi connectivity index (χ1n) is 7.42. The van der Waals surface area contributed by atoms with Crippen LogP contribution in [0.5, 0.6) is 0 Å². The molecule has 3 rings (SSSR count). The van der Waals surface area contributed by atoms with Crippen molar-refractivity contribution in [3.63, 3.8) is 0 Å². The van der Waals surface area contributed by atoms with Crippen molar-refractivity contribution in [2.24, 2.45) is 0 Å². The summed E-state index contributed by atoms with van der Waals surface area (Å²) in [5.41, 5.74) is 1.37. The summed E-state index contributed by atoms with van der Waals surface area (Å²) < 4.78 is 0. The fourth-order valence-electron chi connectivity index (χ4n) is 1.73. The van der Waals surface area contributed by atoms with Crippen LogP contribution in [0.15, 0.2) is 66.8 Å². The average Bonchev–Trinajstić information content (AvgIpc) is 3.17. The molecule has 0 saturated heterocycles. The fraction of sp³-hybridized carbons (Fsp3) is 0.250. The van der Waals surface area contributed by atoms with E-state index in [1.807, 2.05) is 24.3 Å². The summed E-state index contributed by atoms with van der Waals surface area (Å²) in [6.45, 7) is 7.04. The van der Waals surface area contributed by atoms with Crippen molar-refractivity contribution in [1.82, 2.24) is 0 Å². The number of allylic oxidation sites excluding steroid dienone is 8. The van der Waals surface area contributed by atoms with Crippen LogP contribution in [0.3, 0.4) is 0 Å². The van der Waals surface area contributed by atoms with Crippen molar-refractivity contribution >= 4 is 8.07 Å². The molecule has 0 amide bonds.